The Morgan fingerprint density at radius 3 is 2.83 bits per heavy atom. The average Bonchev–Trinajstić information content (AvgIpc) is 3.13. The maximum atomic E-state index is 12.4. The summed E-state index contributed by atoms with van der Waals surface area (Å²) in [5, 5.41) is 0. The van der Waals surface area contributed by atoms with Gasteiger partial charge in [-0.05, 0) is 0 Å². The van der Waals surface area contributed by atoms with E-state index in [4.69, 9.17) is 0 Å². The molecular formula is C21H28OSe. The van der Waals surface area contributed by atoms with Gasteiger partial charge < -0.3 is 0 Å². The molecule has 0 bridgehead atoms. The van der Waals surface area contributed by atoms with E-state index in [9.17, 15) is 4.79 Å². The molecule has 0 saturated heterocycles. The Labute approximate surface area is 147 Å². The van der Waals surface area contributed by atoms with Crippen LogP contribution >= 0.6 is 0 Å². The summed E-state index contributed by atoms with van der Waals surface area (Å²) in [7, 11) is 0. The van der Waals surface area contributed by atoms with E-state index in [1.54, 1.807) is 5.57 Å². The first kappa shape index (κ1) is 17.0. The molecule has 3 atom stereocenters. The van der Waals surface area contributed by atoms with Gasteiger partial charge in [-0.25, -0.2) is 0 Å². The van der Waals surface area contributed by atoms with E-state index in [0.717, 1.165) is 24.7 Å². The average molecular weight is 375 g/mol. The number of carbonyl (C=O) groups excluding carboxylic acids is 1. The summed E-state index contributed by atoms with van der Waals surface area (Å²) in [6, 6.07) is 10.3. The van der Waals surface area contributed by atoms with Crippen molar-refractivity contribution in [2.45, 2.75) is 58.3 Å². The fraction of sp³-hybridized carbons (Fsp3) is 0.571. The third-order valence-corrected chi connectivity index (χ3v) is 7.47. The molecule has 2 heteroatoms. The molecule has 1 fully saturated rings. The number of hydrogen-bond acceptors (Lipinski definition) is 1. The fourth-order valence-corrected chi connectivity index (χ4v) is 6.02. The maximum absolute atomic E-state index is 12.4. The molecule has 2 aliphatic rings. The summed E-state index contributed by atoms with van der Waals surface area (Å²) in [5.41, 5.74) is 1.70. The van der Waals surface area contributed by atoms with Gasteiger partial charge in [-0.1, -0.05) is 0 Å². The van der Waals surface area contributed by atoms with Crippen molar-refractivity contribution in [1.29, 1.82) is 0 Å². The molecule has 0 amide bonds. The summed E-state index contributed by atoms with van der Waals surface area (Å²) >= 11 is 0.00222. The predicted molar refractivity (Wildman–Crippen MR) is 98.0 cm³/mol. The van der Waals surface area contributed by atoms with Crippen molar-refractivity contribution < 1.29 is 4.79 Å². The summed E-state index contributed by atoms with van der Waals surface area (Å²) in [4.78, 5) is 12.4. The van der Waals surface area contributed by atoms with E-state index in [1.165, 1.54) is 43.0 Å². The Morgan fingerprint density at radius 2 is 2.04 bits per heavy atom. The van der Waals surface area contributed by atoms with Crippen LogP contribution < -0.4 is 4.46 Å². The van der Waals surface area contributed by atoms with Gasteiger partial charge in [0.1, 0.15) is 0 Å². The normalized spacial score (nSPS) is 26.1. The summed E-state index contributed by atoms with van der Waals surface area (Å²) in [6.07, 6.45) is 12.5. The van der Waals surface area contributed by atoms with Crippen LogP contribution in [0.5, 0.6) is 0 Å². The molecule has 23 heavy (non-hydrogen) atoms. The predicted octanol–water partition coefficient (Wildman–Crippen LogP) is 4.49. The van der Waals surface area contributed by atoms with Crippen molar-refractivity contribution in [1.82, 2.24) is 0 Å². The number of rotatable bonds is 8. The van der Waals surface area contributed by atoms with Gasteiger partial charge in [-0.2, -0.15) is 0 Å². The van der Waals surface area contributed by atoms with Gasteiger partial charge in [0.2, 0.25) is 0 Å². The van der Waals surface area contributed by atoms with Gasteiger partial charge in [-0.15, -0.1) is 0 Å². The van der Waals surface area contributed by atoms with Crippen LogP contribution in [-0.2, 0) is 4.79 Å². The van der Waals surface area contributed by atoms with E-state index in [-0.39, 0.29) is 15.0 Å². The Morgan fingerprint density at radius 1 is 1.22 bits per heavy atom. The van der Waals surface area contributed by atoms with Crippen LogP contribution in [0, 0.1) is 17.8 Å². The molecule has 0 unspecified atom stereocenters. The molecule has 1 aromatic carbocycles. The van der Waals surface area contributed by atoms with Crippen molar-refractivity contribution in [2.75, 3.05) is 0 Å². The van der Waals surface area contributed by atoms with Crippen LogP contribution in [0.4, 0.5) is 0 Å². The third kappa shape index (κ3) is 4.37. The van der Waals surface area contributed by atoms with E-state index < -0.39 is 0 Å². The summed E-state index contributed by atoms with van der Waals surface area (Å²) < 4.78 is 1.69. The summed E-state index contributed by atoms with van der Waals surface area (Å²) in [5.74, 6) is 2.41. The second-order valence-corrected chi connectivity index (χ2v) is 9.41. The quantitative estimate of drug-likeness (QED) is 0.483. The molecule has 0 heterocycles. The summed E-state index contributed by atoms with van der Waals surface area (Å²) in [6.45, 7) is 2.28. The zero-order valence-corrected chi connectivity index (χ0v) is 15.9. The third-order valence-electron chi connectivity index (χ3n) is 5.50. The van der Waals surface area contributed by atoms with Crippen molar-refractivity contribution in [3.63, 3.8) is 0 Å². The number of fused-ring (bicyclic) bond motifs is 1. The van der Waals surface area contributed by atoms with Crippen LogP contribution in [-0.4, -0.2) is 19.6 Å². The minimum atomic E-state index is 0.00222. The second kappa shape index (κ2) is 8.31. The van der Waals surface area contributed by atoms with Gasteiger partial charge in [-0.3, -0.25) is 0 Å². The Bertz CT molecular complexity index is 548. The Kier molecular flexibility index (Phi) is 6.14. The molecular weight excluding hydrogens is 347 g/mol. The van der Waals surface area contributed by atoms with Crippen LogP contribution in [0.1, 0.15) is 58.3 Å². The van der Waals surface area contributed by atoms with Gasteiger partial charge in [0.05, 0.1) is 0 Å². The number of unbranched alkanes of at least 4 members (excludes halogenated alkanes) is 1. The molecule has 1 nitrogen and oxygen atoms in total. The van der Waals surface area contributed by atoms with Crippen molar-refractivity contribution in [3.05, 3.63) is 42.0 Å². The van der Waals surface area contributed by atoms with Crippen LogP contribution in [0.25, 0.3) is 0 Å². The van der Waals surface area contributed by atoms with Crippen LogP contribution in [0.2, 0.25) is 0 Å². The van der Waals surface area contributed by atoms with E-state index >= 15 is 0 Å². The molecule has 1 saturated carbocycles. The fourth-order valence-electron chi connectivity index (χ4n) is 4.39. The van der Waals surface area contributed by atoms with Crippen molar-refractivity contribution in [3.8, 4) is 0 Å². The number of benzene rings is 1. The SMILES string of the molecule is CCCCC1=C[C@H]2CCC[C@H]2[C@@H]1CCC(=O)[Se]c1ccccc1. The molecule has 0 radical (unpaired) electrons. The van der Waals surface area contributed by atoms with Crippen molar-refractivity contribution >= 4 is 24.1 Å². The van der Waals surface area contributed by atoms with Gasteiger partial charge >= 0.3 is 147 Å². The second-order valence-electron chi connectivity index (χ2n) is 7.04. The molecule has 0 aliphatic heterocycles. The molecule has 0 aromatic heterocycles. The number of carbonyl (C=O) groups is 1. The first-order valence-electron chi connectivity index (χ1n) is 9.24. The first-order chi connectivity index (χ1) is 11.3. The van der Waals surface area contributed by atoms with Crippen molar-refractivity contribution in [2.24, 2.45) is 17.8 Å². The van der Waals surface area contributed by atoms with Crippen LogP contribution in [0.15, 0.2) is 42.0 Å². The molecule has 1 aromatic rings. The van der Waals surface area contributed by atoms with Crippen LogP contribution in [0.3, 0.4) is 0 Å². The van der Waals surface area contributed by atoms with Gasteiger partial charge in [0, 0.05) is 0 Å². The Balaban J connectivity index is 1.55. The number of allylic oxidation sites excluding steroid dienone is 2. The van der Waals surface area contributed by atoms with Gasteiger partial charge in [0.25, 0.3) is 0 Å². The topological polar surface area (TPSA) is 17.1 Å². The zero-order chi connectivity index (χ0) is 16.1. The minimum absolute atomic E-state index is 0.00222. The zero-order valence-electron chi connectivity index (χ0n) is 14.2. The van der Waals surface area contributed by atoms with E-state index in [2.05, 4.69) is 25.1 Å². The van der Waals surface area contributed by atoms with E-state index in [0.29, 0.717) is 10.6 Å². The standard InChI is InChI=1S/C21H28OSe/c1-2-3-8-16-15-17-9-7-12-19(17)20(16)13-14-21(22)23-18-10-5-4-6-11-18/h4-6,10-11,15,17,19-20H,2-3,7-9,12-14H2,1H3/t17-,19-,20-/m1/s1. The molecule has 2 aliphatic carbocycles. The molecule has 3 rings (SSSR count). The monoisotopic (exact) mass is 376 g/mol. The number of hydrogen-bond donors (Lipinski definition) is 0. The molecule has 124 valence electrons. The molecule has 0 N–H and O–H groups in total. The Hall–Kier alpha value is -0.851. The van der Waals surface area contributed by atoms with E-state index in [1.807, 2.05) is 18.2 Å². The van der Waals surface area contributed by atoms with Gasteiger partial charge in [0.15, 0.2) is 0 Å². The first-order valence-corrected chi connectivity index (χ1v) is 11.0. The molecule has 0 spiro atoms.